The van der Waals surface area contributed by atoms with Crippen LogP contribution in [-0.2, 0) is 14.3 Å². The Morgan fingerprint density at radius 3 is 1.52 bits per heavy atom. The van der Waals surface area contributed by atoms with Gasteiger partial charge in [-0.25, -0.2) is 11.4 Å². The van der Waals surface area contributed by atoms with E-state index in [1.54, 1.807) is 36.7 Å². The number of pyridine rings is 2. The Labute approximate surface area is 385 Å². The van der Waals surface area contributed by atoms with Crippen LogP contribution in [0, 0.1) is 0 Å². The highest BCUT2D eigenvalue weighted by Gasteiger charge is 2.16. The van der Waals surface area contributed by atoms with Gasteiger partial charge in [0.15, 0.2) is 0 Å². The van der Waals surface area contributed by atoms with Gasteiger partial charge in [0.25, 0.3) is 17.7 Å². The van der Waals surface area contributed by atoms with E-state index in [0.717, 1.165) is 64.2 Å². The summed E-state index contributed by atoms with van der Waals surface area (Å²) in [6.45, 7) is -0.494. The first-order valence-electron chi connectivity index (χ1n) is 19.8. The Balaban J connectivity index is 0.000000210. The lowest BCUT2D eigenvalue weighted by atomic mass is 10.2. The van der Waals surface area contributed by atoms with Gasteiger partial charge in [-0.2, -0.15) is 10.2 Å². The van der Waals surface area contributed by atoms with Crippen molar-refractivity contribution in [1.29, 1.82) is 0 Å². The number of nitrogens with zero attached hydrogens (tertiary/aromatic N) is 4. The van der Waals surface area contributed by atoms with E-state index < -0.39 is 17.8 Å². The Bertz CT molecular complexity index is 2780. The molecule has 0 saturated carbocycles. The molecule has 0 aliphatic carbocycles. The van der Waals surface area contributed by atoms with E-state index in [0.29, 0.717) is 11.1 Å². The molecule has 0 radical (unpaired) electrons. The zero-order valence-electron chi connectivity index (χ0n) is 35.0. The number of carbonyl (C=O) groups excluding carboxylic acids is 4. The number of fused-ring (bicyclic) bond motifs is 2. The summed E-state index contributed by atoms with van der Waals surface area (Å²) in [6, 6.07) is 37.7. The summed E-state index contributed by atoms with van der Waals surface area (Å²) in [5.41, 5.74) is 7.52. The van der Waals surface area contributed by atoms with Crippen LogP contribution in [0.1, 0.15) is 43.5 Å². The molecule has 8 aromatic rings. The summed E-state index contributed by atoms with van der Waals surface area (Å²) >= 11 is 2.89. The summed E-state index contributed by atoms with van der Waals surface area (Å²) in [5, 5.41) is 37.0. The Morgan fingerprint density at radius 2 is 1.08 bits per heavy atom. The molecule has 8 rings (SSSR count). The average molecular weight is 923 g/mol. The third-order valence-electron chi connectivity index (χ3n) is 9.20. The van der Waals surface area contributed by atoms with Crippen LogP contribution in [-0.4, -0.2) is 84.7 Å². The van der Waals surface area contributed by atoms with Gasteiger partial charge in [0.1, 0.15) is 6.54 Å². The monoisotopic (exact) mass is 922 g/mol. The van der Waals surface area contributed by atoms with Gasteiger partial charge in [-0.15, -0.1) is 0 Å². The highest BCUT2D eigenvalue weighted by molar-refractivity contribution is 7.99. The zero-order valence-corrected chi connectivity index (χ0v) is 36.7. The van der Waals surface area contributed by atoms with Crippen molar-refractivity contribution >= 4 is 93.3 Å². The van der Waals surface area contributed by atoms with Crippen molar-refractivity contribution in [3.8, 4) is 0 Å². The topological polar surface area (TPSA) is 263 Å². The first-order chi connectivity index (χ1) is 32.3. The number of amides is 3. The molecule has 4 aromatic carbocycles. The van der Waals surface area contributed by atoms with Crippen LogP contribution in [0.15, 0.2) is 153 Å². The van der Waals surface area contributed by atoms with Gasteiger partial charge in [-0.3, -0.25) is 44.6 Å². The van der Waals surface area contributed by atoms with Crippen molar-refractivity contribution in [3.05, 3.63) is 168 Å². The van der Waals surface area contributed by atoms with E-state index in [-0.39, 0.29) is 19.0 Å². The zero-order chi connectivity index (χ0) is 46.7. The number of benzene rings is 4. The largest absolute Gasteiger partial charge is 0.468 e. The Morgan fingerprint density at radius 1 is 0.621 bits per heavy atom. The molecule has 17 nitrogen and oxygen atoms in total. The molecule has 0 spiro atoms. The van der Waals surface area contributed by atoms with Crippen LogP contribution in [0.4, 0.5) is 0 Å². The number of ether oxygens (including phenoxy) is 1. The second-order valence-corrected chi connectivity index (χ2v) is 15.7. The first-order valence-corrected chi connectivity index (χ1v) is 21.4. The van der Waals surface area contributed by atoms with Crippen LogP contribution in [0.25, 0.3) is 46.1 Å². The predicted octanol–water partition coefficient (Wildman–Crippen LogP) is 7.03. The number of hydroxylamine groups is 1. The minimum absolute atomic E-state index is 0.177. The predicted molar refractivity (Wildman–Crippen MR) is 252 cm³/mol. The Hall–Kier alpha value is -7.94. The number of aromatic nitrogens is 6. The summed E-state index contributed by atoms with van der Waals surface area (Å²) in [7, 11) is 1.28. The summed E-state index contributed by atoms with van der Waals surface area (Å²) in [4.78, 5) is 59.4. The van der Waals surface area contributed by atoms with Gasteiger partial charge in [-0.05, 0) is 109 Å². The van der Waals surface area contributed by atoms with Crippen molar-refractivity contribution in [2.24, 2.45) is 5.90 Å². The highest BCUT2D eigenvalue weighted by atomic mass is 32.2. The van der Waals surface area contributed by atoms with E-state index in [9.17, 15) is 19.2 Å². The summed E-state index contributed by atoms with van der Waals surface area (Å²) in [6.07, 6.45) is 11.2. The van der Waals surface area contributed by atoms with E-state index in [2.05, 4.69) is 51.6 Å². The molecule has 4 heterocycles. The second-order valence-electron chi connectivity index (χ2n) is 13.5. The van der Waals surface area contributed by atoms with Gasteiger partial charge in [0, 0.05) is 42.7 Å². The van der Waals surface area contributed by atoms with E-state index in [4.69, 9.17) is 10.4 Å². The molecular formula is C47H42N10O7S2. The summed E-state index contributed by atoms with van der Waals surface area (Å²) in [5.74, 6) is 1.58. The standard InChI is InChI=1S/C24H20N4O3S.C23H19N5O3S.H3NO/c1-31-23(29)15-26-24(30)19-7-2-3-8-22(19)32-17-10-11-18-20(27-28-21(18)14-17)12-9-16-6-4-5-13-25-16;29-22(28-31)14-25-23(30)18-6-1-2-7-21(18)32-16-9-10-17-19(26-27-20(17)13-16)11-8-15-5-3-4-12-24-15;1-2/h2-14H,15H2,1H3,(H,26,30)(H,27,28);1-13,31H,14H2,(H,25,30)(H,26,27)(H,28,29);2H,1H2/b12-9+;11-8+;. The first kappa shape index (κ1) is 47.5. The molecule has 3 amide bonds. The molecule has 334 valence electrons. The van der Waals surface area contributed by atoms with E-state index in [1.807, 2.05) is 121 Å². The van der Waals surface area contributed by atoms with Gasteiger partial charge in [0.05, 0.1) is 58.6 Å². The maximum Gasteiger partial charge on any atom is 0.325 e. The van der Waals surface area contributed by atoms with E-state index in [1.165, 1.54) is 36.1 Å². The Kier molecular flexibility index (Phi) is 17.4. The molecule has 0 atom stereocenters. The lowest BCUT2D eigenvalue weighted by Gasteiger charge is -2.09. The molecule has 9 N–H and O–H groups in total. The van der Waals surface area contributed by atoms with Gasteiger partial charge in [0.2, 0.25) is 0 Å². The highest BCUT2D eigenvalue weighted by Crippen LogP contribution is 2.34. The van der Waals surface area contributed by atoms with Crippen LogP contribution >= 0.6 is 23.5 Å². The van der Waals surface area contributed by atoms with Gasteiger partial charge >= 0.3 is 5.97 Å². The molecule has 0 bridgehead atoms. The normalized spacial score (nSPS) is 10.8. The van der Waals surface area contributed by atoms with Crippen molar-refractivity contribution in [3.63, 3.8) is 0 Å². The molecule has 0 unspecified atom stereocenters. The fraction of sp³-hybridized carbons (Fsp3) is 0.0638. The smallest absolute Gasteiger partial charge is 0.325 e. The molecule has 4 aromatic heterocycles. The van der Waals surface area contributed by atoms with Crippen molar-refractivity contribution < 1.29 is 34.3 Å². The number of nitrogens with two attached hydrogens (primary N) is 1. The number of hydrogen-bond acceptors (Lipinski definition) is 14. The van der Waals surface area contributed by atoms with Crippen molar-refractivity contribution in [1.82, 2.24) is 46.5 Å². The molecule has 19 heteroatoms. The fourth-order valence-electron chi connectivity index (χ4n) is 6.05. The SMILES string of the molecule is COC(=O)CNC(=O)c1ccccc1Sc1ccc2c(/C=C/c3ccccn3)n[nH]c2c1.NO.O=C(CNC(=O)c1ccccc1Sc1ccc2c(/C=C/c3ccccn3)n[nH]c2c1)NO. The third-order valence-corrected chi connectivity index (χ3v) is 11.3. The maximum atomic E-state index is 12.5. The van der Waals surface area contributed by atoms with Crippen LogP contribution in [0.5, 0.6) is 0 Å². The number of H-pyrrole nitrogens is 2. The number of nitrogens with one attached hydrogen (secondary N) is 5. The minimum Gasteiger partial charge on any atom is -0.468 e. The number of methoxy groups -OCH3 is 1. The molecular weight excluding hydrogens is 881 g/mol. The average Bonchev–Trinajstić information content (AvgIpc) is 3.98. The van der Waals surface area contributed by atoms with Gasteiger partial charge in [-0.1, -0.05) is 59.9 Å². The third kappa shape index (κ3) is 13.1. The second kappa shape index (κ2) is 24.2. The number of carbonyl (C=O) groups is 4. The lowest BCUT2D eigenvalue weighted by Crippen LogP contribution is -2.35. The van der Waals surface area contributed by atoms with Crippen molar-refractivity contribution in [2.45, 2.75) is 19.6 Å². The molecule has 66 heavy (non-hydrogen) atoms. The molecule has 0 aliphatic rings. The minimum atomic E-state index is -0.693. The van der Waals surface area contributed by atoms with Crippen LogP contribution in [0.2, 0.25) is 0 Å². The van der Waals surface area contributed by atoms with Crippen LogP contribution in [0.3, 0.4) is 0 Å². The quantitative estimate of drug-likeness (QED) is 0.0309. The fourth-order valence-corrected chi connectivity index (χ4v) is 8.02. The maximum absolute atomic E-state index is 12.5. The van der Waals surface area contributed by atoms with Gasteiger partial charge < -0.3 is 20.6 Å². The molecule has 0 saturated heterocycles. The van der Waals surface area contributed by atoms with Crippen LogP contribution < -0.4 is 22.0 Å². The lowest BCUT2D eigenvalue weighted by molar-refractivity contribution is -0.139. The number of aromatic amines is 2. The molecule has 0 fully saturated rings. The summed E-state index contributed by atoms with van der Waals surface area (Å²) < 4.78 is 4.57. The number of esters is 1. The number of hydrogen-bond donors (Lipinski definition) is 8. The molecule has 0 aliphatic heterocycles. The number of rotatable bonds is 14. The van der Waals surface area contributed by atoms with E-state index >= 15 is 0 Å². The van der Waals surface area contributed by atoms with Crippen molar-refractivity contribution in [2.75, 3.05) is 20.2 Å².